The average molecular weight is 371 g/mol. The van der Waals surface area contributed by atoms with Crippen LogP contribution in [0.4, 0.5) is 5.69 Å². The molecule has 0 N–H and O–H groups in total. The molecule has 28 heavy (non-hydrogen) atoms. The molecular weight excluding hydrogens is 349 g/mol. The number of amides is 1. The van der Waals surface area contributed by atoms with Gasteiger partial charge in [-0.2, -0.15) is 0 Å². The summed E-state index contributed by atoms with van der Waals surface area (Å²) < 4.78 is 6.19. The lowest BCUT2D eigenvalue weighted by atomic mass is 9.91. The van der Waals surface area contributed by atoms with Crippen LogP contribution in [0.3, 0.4) is 0 Å². The topological polar surface area (TPSA) is 46.6 Å². The highest BCUT2D eigenvalue weighted by Crippen LogP contribution is 2.36. The van der Waals surface area contributed by atoms with Crippen LogP contribution < -0.4 is 10.4 Å². The molecule has 0 saturated carbocycles. The van der Waals surface area contributed by atoms with E-state index in [9.17, 15) is 9.59 Å². The van der Waals surface area contributed by atoms with Crippen LogP contribution in [-0.2, 0) is 20.7 Å². The molecular formula is C23H22BNO3. The number of anilines is 1. The van der Waals surface area contributed by atoms with E-state index >= 15 is 0 Å². The molecule has 0 aromatic heterocycles. The number of para-hydroxylation sites is 1. The molecule has 1 saturated heterocycles. The predicted molar refractivity (Wildman–Crippen MR) is 112 cm³/mol. The Labute approximate surface area is 165 Å². The van der Waals surface area contributed by atoms with Gasteiger partial charge in [0.25, 0.3) is 0 Å². The van der Waals surface area contributed by atoms with Crippen LogP contribution in [0.1, 0.15) is 12.0 Å². The number of carbonyl (C=O) groups excluding carboxylic acids is 2. The summed E-state index contributed by atoms with van der Waals surface area (Å²) in [5.41, 5.74) is 2.17. The molecule has 0 bridgehead atoms. The number of allylic oxidation sites excluding steroid dienone is 2. The van der Waals surface area contributed by atoms with Crippen LogP contribution in [0.5, 0.6) is 0 Å². The zero-order valence-corrected chi connectivity index (χ0v) is 15.9. The normalized spacial score (nSPS) is 20.7. The van der Waals surface area contributed by atoms with E-state index in [0.29, 0.717) is 13.0 Å². The number of hydrogen-bond acceptors (Lipinski definition) is 3. The minimum absolute atomic E-state index is 0.0215. The summed E-state index contributed by atoms with van der Waals surface area (Å²) in [6.45, 7) is 0.330. The summed E-state index contributed by atoms with van der Waals surface area (Å²) in [5, 5.41) is 0. The zero-order valence-electron chi connectivity index (χ0n) is 15.9. The van der Waals surface area contributed by atoms with E-state index in [0.717, 1.165) is 12.1 Å². The summed E-state index contributed by atoms with van der Waals surface area (Å²) in [6.07, 6.45) is 7.83. The molecule has 1 amide bonds. The van der Waals surface area contributed by atoms with Gasteiger partial charge in [-0.15, -0.1) is 0 Å². The van der Waals surface area contributed by atoms with Crippen molar-refractivity contribution in [3.05, 3.63) is 84.5 Å². The van der Waals surface area contributed by atoms with Crippen LogP contribution in [0.2, 0.25) is 0 Å². The average Bonchev–Trinajstić information content (AvgIpc) is 2.72. The molecule has 1 heterocycles. The number of nitrogens with zero attached hydrogens (tertiary/aromatic N) is 1. The van der Waals surface area contributed by atoms with Crippen molar-refractivity contribution in [2.24, 2.45) is 5.92 Å². The van der Waals surface area contributed by atoms with Gasteiger partial charge in [0.15, 0.2) is 11.5 Å². The van der Waals surface area contributed by atoms with Gasteiger partial charge >= 0.3 is 0 Å². The second-order valence-corrected chi connectivity index (χ2v) is 7.36. The first-order chi connectivity index (χ1) is 13.6. The maximum atomic E-state index is 13.4. The fourth-order valence-electron chi connectivity index (χ4n) is 3.69. The van der Waals surface area contributed by atoms with E-state index in [1.807, 2.05) is 30.3 Å². The van der Waals surface area contributed by atoms with Crippen molar-refractivity contribution >= 4 is 30.7 Å². The molecule has 4 nitrogen and oxygen atoms in total. The molecule has 2 aromatic rings. The minimum atomic E-state index is -1.04. The molecule has 0 radical (unpaired) electrons. The molecule has 4 rings (SSSR count). The van der Waals surface area contributed by atoms with Crippen LogP contribution in [0.25, 0.3) is 0 Å². The molecule has 1 fully saturated rings. The van der Waals surface area contributed by atoms with Crippen molar-refractivity contribution in [1.29, 1.82) is 0 Å². The SMILES string of the molecule is Bc1ccc(CCC2COC3(C=CC(=O)C=C3)N(c3ccccc3)C2=O)cc1. The Kier molecular flexibility index (Phi) is 5.01. The highest BCUT2D eigenvalue weighted by molar-refractivity contribution is 6.32. The van der Waals surface area contributed by atoms with Gasteiger partial charge < -0.3 is 4.74 Å². The Morgan fingerprint density at radius 1 is 1.00 bits per heavy atom. The van der Waals surface area contributed by atoms with E-state index in [2.05, 4.69) is 32.1 Å². The summed E-state index contributed by atoms with van der Waals surface area (Å²) in [5.74, 6) is -0.309. The van der Waals surface area contributed by atoms with E-state index < -0.39 is 5.72 Å². The molecule has 2 aliphatic rings. The smallest absolute Gasteiger partial charge is 0.235 e. The number of hydrogen-bond donors (Lipinski definition) is 0. The number of ketones is 1. The molecule has 1 aliphatic carbocycles. The van der Waals surface area contributed by atoms with Crippen molar-refractivity contribution in [1.82, 2.24) is 0 Å². The molecule has 2 aromatic carbocycles. The molecule has 140 valence electrons. The quantitative estimate of drug-likeness (QED) is 0.772. The Hall–Kier alpha value is -2.92. The summed E-state index contributed by atoms with van der Waals surface area (Å²) in [4.78, 5) is 26.8. The van der Waals surface area contributed by atoms with Crippen molar-refractivity contribution in [3.63, 3.8) is 0 Å². The van der Waals surface area contributed by atoms with Crippen LogP contribution in [0.15, 0.2) is 78.9 Å². The van der Waals surface area contributed by atoms with Gasteiger partial charge in [-0.05, 0) is 54.8 Å². The third-order valence-corrected chi connectivity index (χ3v) is 5.32. The number of carbonyl (C=O) groups is 2. The predicted octanol–water partition coefficient (Wildman–Crippen LogP) is 1.95. The van der Waals surface area contributed by atoms with Crippen molar-refractivity contribution in [2.75, 3.05) is 11.5 Å². The van der Waals surface area contributed by atoms with Crippen LogP contribution in [-0.4, -0.2) is 31.9 Å². The van der Waals surface area contributed by atoms with Crippen LogP contribution in [0, 0.1) is 5.92 Å². The summed E-state index contributed by atoms with van der Waals surface area (Å²) in [6, 6.07) is 17.9. The van der Waals surface area contributed by atoms with E-state index in [1.54, 1.807) is 17.1 Å². The minimum Gasteiger partial charge on any atom is -0.347 e. The first-order valence-electron chi connectivity index (χ1n) is 9.58. The zero-order chi connectivity index (χ0) is 19.6. The number of aryl methyl sites for hydroxylation is 1. The number of ether oxygens (including phenoxy) is 1. The van der Waals surface area contributed by atoms with Crippen molar-refractivity contribution in [3.8, 4) is 0 Å². The molecule has 1 unspecified atom stereocenters. The maximum absolute atomic E-state index is 13.4. The molecule has 1 atom stereocenters. The van der Waals surface area contributed by atoms with Gasteiger partial charge in [-0.1, -0.05) is 47.9 Å². The van der Waals surface area contributed by atoms with E-state index in [4.69, 9.17) is 4.74 Å². The maximum Gasteiger partial charge on any atom is 0.235 e. The first kappa shape index (κ1) is 18.4. The first-order valence-corrected chi connectivity index (χ1v) is 9.58. The Morgan fingerprint density at radius 3 is 2.36 bits per heavy atom. The lowest BCUT2D eigenvalue weighted by molar-refractivity contribution is -0.138. The van der Waals surface area contributed by atoms with Crippen molar-refractivity contribution < 1.29 is 14.3 Å². The van der Waals surface area contributed by atoms with Gasteiger partial charge in [-0.3, -0.25) is 14.5 Å². The largest absolute Gasteiger partial charge is 0.347 e. The lowest BCUT2D eigenvalue weighted by Gasteiger charge is -2.46. The molecule has 1 aliphatic heterocycles. The number of benzene rings is 2. The van der Waals surface area contributed by atoms with Crippen molar-refractivity contribution in [2.45, 2.75) is 18.6 Å². The van der Waals surface area contributed by atoms with E-state index in [1.165, 1.54) is 23.2 Å². The fourth-order valence-corrected chi connectivity index (χ4v) is 3.69. The second kappa shape index (κ2) is 7.60. The van der Waals surface area contributed by atoms with E-state index in [-0.39, 0.29) is 17.6 Å². The number of rotatable bonds is 4. The standard InChI is InChI=1S/C23H22BNO3/c24-19-10-7-17(8-11-19)6-9-18-16-28-23(14-12-21(26)13-15-23)25(22(18)27)20-4-2-1-3-5-20/h1-5,7-8,10-15,18H,6,9,16,24H2. The van der Waals surface area contributed by atoms with Crippen LogP contribution >= 0.6 is 0 Å². The highest BCUT2D eigenvalue weighted by Gasteiger charge is 2.46. The van der Waals surface area contributed by atoms with Gasteiger partial charge in [0, 0.05) is 5.69 Å². The highest BCUT2D eigenvalue weighted by atomic mass is 16.5. The Bertz CT molecular complexity index is 918. The molecule has 5 heteroatoms. The van der Waals surface area contributed by atoms with Gasteiger partial charge in [0.2, 0.25) is 5.91 Å². The van der Waals surface area contributed by atoms with Gasteiger partial charge in [-0.25, -0.2) is 0 Å². The fraction of sp³-hybridized carbons (Fsp3) is 0.217. The van der Waals surface area contributed by atoms with Gasteiger partial charge in [0.05, 0.1) is 12.5 Å². The van der Waals surface area contributed by atoms with Gasteiger partial charge in [0.1, 0.15) is 7.85 Å². The third-order valence-electron chi connectivity index (χ3n) is 5.32. The third kappa shape index (κ3) is 3.58. The monoisotopic (exact) mass is 371 g/mol. The summed E-state index contributed by atoms with van der Waals surface area (Å²) in [7, 11) is 2.06. The summed E-state index contributed by atoms with van der Waals surface area (Å²) >= 11 is 0. The Morgan fingerprint density at radius 2 is 1.68 bits per heavy atom. The Balaban J connectivity index is 1.59. The lowest BCUT2D eigenvalue weighted by Crippen LogP contribution is -2.59. The molecule has 1 spiro atoms. The second-order valence-electron chi connectivity index (χ2n) is 7.36.